The van der Waals surface area contributed by atoms with Crippen LogP contribution < -0.4 is 11.2 Å². The summed E-state index contributed by atoms with van der Waals surface area (Å²) in [5, 5.41) is 8.16. The standard InChI is InChI=1S/C14H14N4O2/c1-9-11(10-4-2-3-5-10)8-12(17-16-9)18-7-6-13(19)15-14(18)20/h4,6-8H,2-3,5H2,1H3,(H,15,19,20). The van der Waals surface area contributed by atoms with E-state index in [1.807, 2.05) is 13.0 Å². The van der Waals surface area contributed by atoms with Gasteiger partial charge in [-0.15, -0.1) is 5.10 Å². The Morgan fingerprint density at radius 1 is 1.30 bits per heavy atom. The minimum absolute atomic E-state index is 0.416. The highest BCUT2D eigenvalue weighted by Crippen LogP contribution is 2.29. The van der Waals surface area contributed by atoms with E-state index in [2.05, 4.69) is 21.3 Å². The Labute approximate surface area is 114 Å². The number of hydrogen-bond acceptors (Lipinski definition) is 4. The zero-order valence-corrected chi connectivity index (χ0v) is 11.1. The van der Waals surface area contributed by atoms with Crippen molar-refractivity contribution in [3.8, 4) is 5.82 Å². The summed E-state index contributed by atoms with van der Waals surface area (Å²) in [6, 6.07) is 3.14. The lowest BCUT2D eigenvalue weighted by Gasteiger charge is -2.09. The van der Waals surface area contributed by atoms with Gasteiger partial charge < -0.3 is 0 Å². The molecule has 2 heterocycles. The van der Waals surface area contributed by atoms with Crippen molar-refractivity contribution in [2.24, 2.45) is 0 Å². The molecule has 0 saturated heterocycles. The Bertz CT molecular complexity index is 801. The van der Waals surface area contributed by atoms with Gasteiger partial charge in [-0.1, -0.05) is 6.08 Å². The van der Waals surface area contributed by atoms with Gasteiger partial charge in [-0.05, 0) is 37.8 Å². The number of allylic oxidation sites excluding steroid dienone is 2. The van der Waals surface area contributed by atoms with E-state index in [1.165, 1.54) is 22.4 Å². The lowest BCUT2D eigenvalue weighted by molar-refractivity contribution is 0.823. The maximum Gasteiger partial charge on any atom is 0.334 e. The van der Waals surface area contributed by atoms with Gasteiger partial charge in [0, 0.05) is 17.8 Å². The van der Waals surface area contributed by atoms with E-state index in [0.29, 0.717) is 5.82 Å². The largest absolute Gasteiger partial charge is 0.334 e. The number of hydrogen-bond donors (Lipinski definition) is 1. The minimum Gasteiger partial charge on any atom is -0.274 e. The lowest BCUT2D eigenvalue weighted by atomic mass is 10.1. The zero-order chi connectivity index (χ0) is 14.1. The molecule has 0 bridgehead atoms. The fraction of sp³-hybridized carbons (Fsp3) is 0.286. The first-order valence-corrected chi connectivity index (χ1v) is 6.51. The molecule has 0 amide bonds. The molecule has 0 atom stereocenters. The Morgan fingerprint density at radius 2 is 2.15 bits per heavy atom. The molecule has 0 unspecified atom stereocenters. The second kappa shape index (κ2) is 4.88. The maximum atomic E-state index is 11.8. The molecule has 2 aromatic rings. The number of rotatable bonds is 2. The lowest BCUT2D eigenvalue weighted by Crippen LogP contribution is -2.28. The molecule has 102 valence electrons. The Hall–Kier alpha value is -2.50. The van der Waals surface area contributed by atoms with Gasteiger partial charge in [0.15, 0.2) is 5.82 Å². The summed E-state index contributed by atoms with van der Waals surface area (Å²) in [5.41, 5.74) is 2.17. The van der Waals surface area contributed by atoms with Crippen molar-refractivity contribution in [1.82, 2.24) is 19.7 Å². The van der Waals surface area contributed by atoms with E-state index in [-0.39, 0.29) is 0 Å². The van der Waals surface area contributed by atoms with Crippen LogP contribution in [0.5, 0.6) is 0 Å². The third-order valence-electron chi connectivity index (χ3n) is 3.42. The SMILES string of the molecule is Cc1nnc(-n2ccc(=O)[nH]c2=O)cc1C1=CCCC1. The molecule has 3 rings (SSSR count). The van der Waals surface area contributed by atoms with Crippen molar-refractivity contribution in [3.63, 3.8) is 0 Å². The number of aromatic nitrogens is 4. The van der Waals surface area contributed by atoms with Gasteiger partial charge in [0.1, 0.15) is 0 Å². The first kappa shape index (κ1) is 12.5. The molecular formula is C14H14N4O2. The molecule has 0 aromatic carbocycles. The predicted octanol–water partition coefficient (Wildman–Crippen LogP) is 1.19. The van der Waals surface area contributed by atoms with Crippen molar-refractivity contribution in [3.05, 3.63) is 56.5 Å². The molecule has 2 aromatic heterocycles. The van der Waals surface area contributed by atoms with Crippen LogP contribution in [0.3, 0.4) is 0 Å². The van der Waals surface area contributed by atoms with Crippen LogP contribution in [0.15, 0.2) is 34.0 Å². The molecule has 6 heteroatoms. The van der Waals surface area contributed by atoms with Gasteiger partial charge in [-0.2, -0.15) is 5.10 Å². The molecule has 6 nitrogen and oxygen atoms in total. The fourth-order valence-corrected chi connectivity index (χ4v) is 2.40. The molecule has 0 fully saturated rings. The first-order chi connectivity index (χ1) is 9.65. The molecule has 0 aliphatic heterocycles. The molecule has 1 aliphatic carbocycles. The third kappa shape index (κ3) is 2.20. The van der Waals surface area contributed by atoms with Gasteiger partial charge >= 0.3 is 5.69 Å². The summed E-state index contributed by atoms with van der Waals surface area (Å²) in [6.07, 6.45) is 6.85. The van der Waals surface area contributed by atoms with Crippen LogP contribution >= 0.6 is 0 Å². The second-order valence-corrected chi connectivity index (χ2v) is 4.80. The van der Waals surface area contributed by atoms with Crippen LogP contribution in [0, 0.1) is 6.92 Å². The fourth-order valence-electron chi connectivity index (χ4n) is 2.40. The summed E-state index contributed by atoms with van der Waals surface area (Å²) < 4.78 is 1.28. The van der Waals surface area contributed by atoms with Crippen LogP contribution in [0.4, 0.5) is 0 Å². The van der Waals surface area contributed by atoms with Crippen LogP contribution in [0.1, 0.15) is 30.5 Å². The van der Waals surface area contributed by atoms with Gasteiger partial charge in [0.25, 0.3) is 5.56 Å². The summed E-state index contributed by atoms with van der Waals surface area (Å²) >= 11 is 0. The second-order valence-electron chi connectivity index (χ2n) is 4.80. The van der Waals surface area contributed by atoms with Crippen molar-refractivity contribution in [1.29, 1.82) is 0 Å². The molecular weight excluding hydrogens is 256 g/mol. The van der Waals surface area contributed by atoms with Crippen LogP contribution in [0.2, 0.25) is 0 Å². The minimum atomic E-state index is -0.512. The van der Waals surface area contributed by atoms with Gasteiger partial charge in [0.2, 0.25) is 0 Å². The van der Waals surface area contributed by atoms with Crippen molar-refractivity contribution >= 4 is 5.57 Å². The third-order valence-corrected chi connectivity index (χ3v) is 3.42. The quantitative estimate of drug-likeness (QED) is 0.888. The maximum absolute atomic E-state index is 11.8. The number of aryl methyl sites for hydroxylation is 1. The molecule has 0 saturated carbocycles. The van der Waals surface area contributed by atoms with Crippen molar-refractivity contribution in [2.45, 2.75) is 26.2 Å². The number of nitrogens with one attached hydrogen (secondary N) is 1. The van der Waals surface area contributed by atoms with E-state index in [0.717, 1.165) is 30.5 Å². The van der Waals surface area contributed by atoms with E-state index in [1.54, 1.807) is 0 Å². The highest BCUT2D eigenvalue weighted by molar-refractivity contribution is 5.69. The van der Waals surface area contributed by atoms with Crippen LogP contribution in [-0.4, -0.2) is 19.7 Å². The van der Waals surface area contributed by atoms with Crippen LogP contribution in [-0.2, 0) is 0 Å². The zero-order valence-electron chi connectivity index (χ0n) is 11.1. The highest BCUT2D eigenvalue weighted by Gasteiger charge is 2.13. The van der Waals surface area contributed by atoms with Crippen molar-refractivity contribution < 1.29 is 0 Å². The first-order valence-electron chi connectivity index (χ1n) is 6.51. The number of aromatic amines is 1. The van der Waals surface area contributed by atoms with Gasteiger partial charge in [-0.3, -0.25) is 14.3 Å². The Balaban J connectivity index is 2.13. The summed E-state index contributed by atoms with van der Waals surface area (Å²) in [5.74, 6) is 0.416. The van der Waals surface area contributed by atoms with E-state index in [4.69, 9.17) is 0 Å². The average molecular weight is 270 g/mol. The molecule has 0 radical (unpaired) electrons. The average Bonchev–Trinajstić information content (AvgIpc) is 2.93. The molecule has 0 spiro atoms. The van der Waals surface area contributed by atoms with Gasteiger partial charge in [-0.25, -0.2) is 4.79 Å². The smallest absolute Gasteiger partial charge is 0.274 e. The normalized spacial score (nSPS) is 14.3. The molecule has 20 heavy (non-hydrogen) atoms. The summed E-state index contributed by atoms with van der Waals surface area (Å²) in [6.45, 7) is 1.90. The molecule has 1 aliphatic rings. The monoisotopic (exact) mass is 270 g/mol. The van der Waals surface area contributed by atoms with Crippen molar-refractivity contribution in [2.75, 3.05) is 0 Å². The summed E-state index contributed by atoms with van der Waals surface area (Å²) in [7, 11) is 0. The highest BCUT2D eigenvalue weighted by atomic mass is 16.2. The van der Waals surface area contributed by atoms with E-state index >= 15 is 0 Å². The van der Waals surface area contributed by atoms with E-state index < -0.39 is 11.2 Å². The number of nitrogens with zero attached hydrogens (tertiary/aromatic N) is 3. The van der Waals surface area contributed by atoms with E-state index in [9.17, 15) is 9.59 Å². The summed E-state index contributed by atoms with van der Waals surface area (Å²) in [4.78, 5) is 25.1. The Kier molecular flexibility index (Phi) is 3.06. The number of H-pyrrole nitrogens is 1. The molecule has 1 N–H and O–H groups in total. The topological polar surface area (TPSA) is 80.6 Å². The van der Waals surface area contributed by atoms with Gasteiger partial charge in [0.05, 0.1) is 5.69 Å². The predicted molar refractivity (Wildman–Crippen MR) is 74.8 cm³/mol. The van der Waals surface area contributed by atoms with Crippen LogP contribution in [0.25, 0.3) is 11.4 Å². The Morgan fingerprint density at radius 3 is 2.85 bits per heavy atom.